The van der Waals surface area contributed by atoms with E-state index in [9.17, 15) is 9.59 Å². The second-order valence-electron chi connectivity index (χ2n) is 6.50. The molecule has 1 saturated heterocycles. The third kappa shape index (κ3) is 5.39. The van der Waals surface area contributed by atoms with Gasteiger partial charge in [-0.2, -0.15) is 0 Å². The predicted molar refractivity (Wildman–Crippen MR) is 96.8 cm³/mol. The Hall–Kier alpha value is -1.79. The van der Waals surface area contributed by atoms with Crippen molar-refractivity contribution >= 4 is 30.0 Å². The lowest BCUT2D eigenvalue weighted by molar-refractivity contribution is 0.0925. The fraction of sp³-hybridized carbons (Fsp3) is 0.529. The number of urea groups is 1. The molecule has 1 aromatic rings. The zero-order valence-corrected chi connectivity index (χ0v) is 14.6. The third-order valence-corrected chi connectivity index (χ3v) is 4.25. The van der Waals surface area contributed by atoms with Gasteiger partial charge in [0.2, 0.25) is 0 Å². The van der Waals surface area contributed by atoms with Gasteiger partial charge in [-0.05, 0) is 57.4 Å². The van der Waals surface area contributed by atoms with Crippen LogP contribution in [0.25, 0.3) is 0 Å². The van der Waals surface area contributed by atoms with Gasteiger partial charge in [-0.25, -0.2) is 4.79 Å². The van der Waals surface area contributed by atoms with Gasteiger partial charge in [-0.15, -0.1) is 12.4 Å². The molecule has 1 heterocycles. The number of halogens is 1. The van der Waals surface area contributed by atoms with Gasteiger partial charge in [0, 0.05) is 29.4 Å². The molecule has 24 heavy (non-hydrogen) atoms. The summed E-state index contributed by atoms with van der Waals surface area (Å²) in [6, 6.07) is 7.78. The van der Waals surface area contributed by atoms with Crippen molar-refractivity contribution in [1.82, 2.24) is 16.0 Å². The van der Waals surface area contributed by atoms with Crippen LogP contribution in [0.3, 0.4) is 0 Å². The van der Waals surface area contributed by atoms with Gasteiger partial charge in [0.1, 0.15) is 0 Å². The number of hydrogen-bond acceptors (Lipinski definition) is 3. The van der Waals surface area contributed by atoms with Gasteiger partial charge in [0.05, 0.1) is 0 Å². The Morgan fingerprint density at radius 3 is 2.62 bits per heavy atom. The van der Waals surface area contributed by atoms with Crippen LogP contribution in [-0.4, -0.2) is 36.6 Å². The standard InChI is InChI=1S/C17H24N4O2.ClH/c1-11-9-15(7-8-18-11)19-16(22)12-3-2-4-14(10-12)21-17(23)20-13-5-6-13;/h2-4,10-11,13,15,18H,5-9H2,1H3,(H,19,22)(H2,20,21,23);1H. The summed E-state index contributed by atoms with van der Waals surface area (Å²) in [6.45, 7) is 3.05. The fourth-order valence-corrected chi connectivity index (χ4v) is 2.85. The van der Waals surface area contributed by atoms with Crippen LogP contribution in [0.15, 0.2) is 24.3 Å². The minimum Gasteiger partial charge on any atom is -0.349 e. The van der Waals surface area contributed by atoms with E-state index in [4.69, 9.17) is 0 Å². The molecule has 6 nitrogen and oxygen atoms in total. The predicted octanol–water partition coefficient (Wildman–Crippen LogP) is 2.26. The molecule has 3 amide bonds. The average molecular weight is 353 g/mol. The van der Waals surface area contributed by atoms with Crippen molar-refractivity contribution < 1.29 is 9.59 Å². The molecule has 0 aromatic heterocycles. The number of rotatable bonds is 4. The van der Waals surface area contributed by atoms with E-state index in [-0.39, 0.29) is 30.4 Å². The van der Waals surface area contributed by atoms with E-state index < -0.39 is 0 Å². The largest absolute Gasteiger partial charge is 0.349 e. The minimum absolute atomic E-state index is 0. The molecule has 1 aliphatic carbocycles. The summed E-state index contributed by atoms with van der Waals surface area (Å²) in [5.41, 5.74) is 1.20. The van der Waals surface area contributed by atoms with Crippen molar-refractivity contribution in [2.75, 3.05) is 11.9 Å². The van der Waals surface area contributed by atoms with Crippen LogP contribution in [0.2, 0.25) is 0 Å². The molecule has 0 spiro atoms. The number of piperidine rings is 1. The lowest BCUT2D eigenvalue weighted by Crippen LogP contribution is -2.46. The SMILES string of the molecule is CC1CC(NC(=O)c2cccc(NC(=O)NC3CC3)c2)CCN1.Cl. The topological polar surface area (TPSA) is 82.3 Å². The van der Waals surface area contributed by atoms with Gasteiger partial charge in [0.15, 0.2) is 0 Å². The van der Waals surface area contributed by atoms with Gasteiger partial charge in [0.25, 0.3) is 5.91 Å². The smallest absolute Gasteiger partial charge is 0.319 e. The molecule has 0 radical (unpaired) electrons. The van der Waals surface area contributed by atoms with Gasteiger partial charge in [-0.1, -0.05) is 6.07 Å². The van der Waals surface area contributed by atoms with Crippen LogP contribution in [0.4, 0.5) is 10.5 Å². The molecular formula is C17H25ClN4O2. The first-order valence-corrected chi connectivity index (χ1v) is 8.32. The van der Waals surface area contributed by atoms with Crippen molar-refractivity contribution in [3.8, 4) is 0 Å². The second-order valence-corrected chi connectivity index (χ2v) is 6.50. The molecule has 4 N–H and O–H groups in total. The zero-order valence-electron chi connectivity index (χ0n) is 13.8. The maximum Gasteiger partial charge on any atom is 0.319 e. The number of carbonyl (C=O) groups is 2. The first-order valence-electron chi connectivity index (χ1n) is 8.32. The maximum atomic E-state index is 12.4. The Morgan fingerprint density at radius 2 is 1.92 bits per heavy atom. The molecule has 132 valence electrons. The Morgan fingerprint density at radius 1 is 1.12 bits per heavy atom. The first kappa shape index (κ1) is 18.5. The number of amides is 3. The minimum atomic E-state index is -0.211. The lowest BCUT2D eigenvalue weighted by atomic mass is 10.0. The van der Waals surface area contributed by atoms with Crippen LogP contribution >= 0.6 is 12.4 Å². The molecule has 7 heteroatoms. The molecule has 1 aromatic carbocycles. The van der Waals surface area contributed by atoms with Crippen molar-refractivity contribution in [2.24, 2.45) is 0 Å². The van der Waals surface area contributed by atoms with Crippen molar-refractivity contribution in [3.63, 3.8) is 0 Å². The van der Waals surface area contributed by atoms with E-state index in [1.807, 2.05) is 0 Å². The summed E-state index contributed by atoms with van der Waals surface area (Å²) in [4.78, 5) is 24.2. The molecule has 3 rings (SSSR count). The number of benzene rings is 1. The van der Waals surface area contributed by atoms with E-state index in [1.165, 1.54) is 0 Å². The quantitative estimate of drug-likeness (QED) is 0.671. The number of carbonyl (C=O) groups excluding carboxylic acids is 2. The molecule has 2 unspecified atom stereocenters. The van der Waals surface area contributed by atoms with Crippen LogP contribution in [-0.2, 0) is 0 Å². The third-order valence-electron chi connectivity index (χ3n) is 4.25. The Bertz CT molecular complexity index is 592. The van der Waals surface area contributed by atoms with Crippen LogP contribution in [0.5, 0.6) is 0 Å². The average Bonchev–Trinajstić information content (AvgIpc) is 3.31. The van der Waals surface area contributed by atoms with Gasteiger partial charge in [-0.3, -0.25) is 4.79 Å². The number of hydrogen-bond donors (Lipinski definition) is 4. The number of nitrogens with one attached hydrogen (secondary N) is 4. The highest BCUT2D eigenvalue weighted by Crippen LogP contribution is 2.19. The molecule has 1 saturated carbocycles. The Balaban J connectivity index is 0.00000208. The van der Waals surface area contributed by atoms with E-state index in [0.717, 1.165) is 32.2 Å². The molecule has 1 aliphatic heterocycles. The second kappa shape index (κ2) is 8.35. The summed E-state index contributed by atoms with van der Waals surface area (Å²) in [6.07, 6.45) is 3.97. The number of anilines is 1. The highest BCUT2D eigenvalue weighted by Gasteiger charge is 2.23. The monoisotopic (exact) mass is 352 g/mol. The van der Waals surface area contributed by atoms with Gasteiger partial charge >= 0.3 is 6.03 Å². The molecular weight excluding hydrogens is 328 g/mol. The summed E-state index contributed by atoms with van der Waals surface area (Å²) < 4.78 is 0. The maximum absolute atomic E-state index is 12.4. The summed E-state index contributed by atoms with van der Waals surface area (Å²) in [5, 5.41) is 12.1. The van der Waals surface area contributed by atoms with E-state index in [1.54, 1.807) is 24.3 Å². The highest BCUT2D eigenvalue weighted by atomic mass is 35.5. The van der Waals surface area contributed by atoms with E-state index >= 15 is 0 Å². The van der Waals surface area contributed by atoms with Gasteiger partial charge < -0.3 is 21.3 Å². The Labute approximate surface area is 148 Å². The van der Waals surface area contributed by atoms with Crippen molar-refractivity contribution in [1.29, 1.82) is 0 Å². The van der Waals surface area contributed by atoms with Crippen molar-refractivity contribution in [3.05, 3.63) is 29.8 Å². The lowest BCUT2D eigenvalue weighted by Gasteiger charge is -2.28. The van der Waals surface area contributed by atoms with Crippen LogP contribution in [0, 0.1) is 0 Å². The fourth-order valence-electron chi connectivity index (χ4n) is 2.85. The van der Waals surface area contributed by atoms with Crippen LogP contribution < -0.4 is 21.3 Å². The summed E-state index contributed by atoms with van der Waals surface area (Å²) in [7, 11) is 0. The normalized spacial score (nSPS) is 22.9. The highest BCUT2D eigenvalue weighted by molar-refractivity contribution is 5.97. The molecule has 2 atom stereocenters. The molecule has 0 bridgehead atoms. The van der Waals surface area contributed by atoms with Crippen LogP contribution in [0.1, 0.15) is 43.0 Å². The summed E-state index contributed by atoms with van der Waals surface area (Å²) >= 11 is 0. The molecule has 2 fully saturated rings. The van der Waals surface area contributed by atoms with E-state index in [0.29, 0.717) is 23.3 Å². The van der Waals surface area contributed by atoms with Crippen molar-refractivity contribution in [2.45, 2.75) is 50.7 Å². The zero-order chi connectivity index (χ0) is 16.2. The molecule has 2 aliphatic rings. The Kier molecular flexibility index (Phi) is 6.45. The van der Waals surface area contributed by atoms with E-state index in [2.05, 4.69) is 28.2 Å². The first-order chi connectivity index (χ1) is 11.1. The summed E-state index contributed by atoms with van der Waals surface area (Å²) in [5.74, 6) is -0.0876.